The van der Waals surface area contributed by atoms with Crippen LogP contribution in [0.4, 0.5) is 10.1 Å². The number of aromatic nitrogens is 2. The monoisotopic (exact) mass is 374 g/mol. The molecule has 1 aliphatic carbocycles. The Morgan fingerprint density at radius 3 is 2.64 bits per heavy atom. The van der Waals surface area contributed by atoms with Gasteiger partial charge in [0.15, 0.2) is 5.69 Å². The first-order valence-corrected chi connectivity index (χ1v) is 9.08. The van der Waals surface area contributed by atoms with Crippen molar-refractivity contribution in [3.8, 4) is 5.69 Å². The molecule has 0 atom stereocenters. The molecular formula is C22H19FN4O. The first-order valence-electron chi connectivity index (χ1n) is 9.08. The number of nitrogens with zero attached hydrogens (tertiary/aromatic N) is 3. The summed E-state index contributed by atoms with van der Waals surface area (Å²) in [4.78, 5) is 16.9. The smallest absolute Gasteiger partial charge is 0.209 e. The number of aliphatic imine (C=N–C) groups is 1. The Morgan fingerprint density at radius 1 is 1.18 bits per heavy atom. The molecule has 0 aliphatic heterocycles. The van der Waals surface area contributed by atoms with Crippen LogP contribution in [0.3, 0.4) is 0 Å². The number of para-hydroxylation sites is 1. The van der Waals surface area contributed by atoms with Crippen molar-refractivity contribution in [2.45, 2.75) is 18.8 Å². The Kier molecular flexibility index (Phi) is 4.85. The zero-order chi connectivity index (χ0) is 19.5. The Bertz CT molecular complexity index is 1110. The molecule has 2 aromatic carbocycles. The van der Waals surface area contributed by atoms with Crippen molar-refractivity contribution in [3.63, 3.8) is 0 Å². The minimum absolute atomic E-state index is 0.0960. The van der Waals surface area contributed by atoms with Crippen molar-refractivity contribution < 1.29 is 4.39 Å². The van der Waals surface area contributed by atoms with Crippen molar-refractivity contribution in [3.05, 3.63) is 100 Å². The molecule has 1 heterocycles. The third-order valence-corrected chi connectivity index (χ3v) is 4.58. The molecule has 0 amide bonds. The standard InChI is InChI=1S/C22H19FN4O/c23-18-14-16(15-6-7-15)8-9-20(18)27-13-11-21(28)22(26-27)19(10-12-24)25-17-4-2-1-3-5-17/h1-5,8-15H,6-7,24H2. The van der Waals surface area contributed by atoms with Gasteiger partial charge in [0.25, 0.3) is 0 Å². The van der Waals surface area contributed by atoms with Crippen LogP contribution in [0.1, 0.15) is 30.0 Å². The summed E-state index contributed by atoms with van der Waals surface area (Å²) >= 11 is 0. The van der Waals surface area contributed by atoms with Gasteiger partial charge in [-0.15, -0.1) is 0 Å². The molecule has 1 aliphatic rings. The van der Waals surface area contributed by atoms with E-state index in [-0.39, 0.29) is 22.6 Å². The van der Waals surface area contributed by atoms with Crippen LogP contribution in [0, 0.1) is 5.82 Å². The first-order chi connectivity index (χ1) is 13.7. The van der Waals surface area contributed by atoms with Crippen molar-refractivity contribution in [1.82, 2.24) is 9.78 Å². The molecule has 6 heteroatoms. The normalized spacial score (nSPS) is 14.5. The molecule has 2 N–H and O–H groups in total. The quantitative estimate of drug-likeness (QED) is 0.690. The third kappa shape index (κ3) is 3.76. The minimum atomic E-state index is -0.373. The third-order valence-electron chi connectivity index (χ3n) is 4.58. The summed E-state index contributed by atoms with van der Waals surface area (Å²) in [5, 5.41) is 4.34. The van der Waals surface area contributed by atoms with E-state index in [1.807, 2.05) is 36.4 Å². The van der Waals surface area contributed by atoms with Gasteiger partial charge >= 0.3 is 0 Å². The second-order valence-electron chi connectivity index (χ2n) is 6.65. The number of benzene rings is 2. The van der Waals surface area contributed by atoms with Crippen molar-refractivity contribution in [1.29, 1.82) is 0 Å². The molecule has 28 heavy (non-hydrogen) atoms. The van der Waals surface area contributed by atoms with E-state index in [9.17, 15) is 9.18 Å². The number of nitrogens with two attached hydrogens (primary N) is 1. The highest BCUT2D eigenvalue weighted by atomic mass is 19.1. The van der Waals surface area contributed by atoms with Crippen LogP contribution in [0.5, 0.6) is 0 Å². The lowest BCUT2D eigenvalue weighted by Crippen LogP contribution is -2.20. The minimum Gasteiger partial charge on any atom is -0.405 e. The van der Waals surface area contributed by atoms with Gasteiger partial charge in [0, 0.05) is 12.3 Å². The average molecular weight is 374 g/mol. The van der Waals surface area contributed by atoms with E-state index in [2.05, 4.69) is 10.1 Å². The topological polar surface area (TPSA) is 73.3 Å². The second-order valence-corrected chi connectivity index (χ2v) is 6.65. The van der Waals surface area contributed by atoms with Crippen molar-refractivity contribution in [2.24, 2.45) is 10.7 Å². The number of halogens is 1. The van der Waals surface area contributed by atoms with E-state index >= 15 is 0 Å². The molecule has 0 bridgehead atoms. The van der Waals surface area contributed by atoms with Gasteiger partial charge in [-0.25, -0.2) is 14.1 Å². The fourth-order valence-corrected chi connectivity index (χ4v) is 3.00. The molecule has 4 rings (SSSR count). The van der Waals surface area contributed by atoms with Crippen molar-refractivity contribution >= 4 is 11.4 Å². The lowest BCUT2D eigenvalue weighted by atomic mass is 10.1. The fourth-order valence-electron chi connectivity index (χ4n) is 3.00. The molecule has 0 radical (unpaired) electrons. The van der Waals surface area contributed by atoms with Gasteiger partial charge in [-0.3, -0.25) is 4.79 Å². The van der Waals surface area contributed by atoms with Gasteiger partial charge in [0.05, 0.1) is 11.4 Å². The number of hydrogen-bond acceptors (Lipinski definition) is 4. The summed E-state index contributed by atoms with van der Waals surface area (Å²) in [6.45, 7) is 0. The maximum absolute atomic E-state index is 14.6. The summed E-state index contributed by atoms with van der Waals surface area (Å²) in [5.74, 6) is 0.0859. The van der Waals surface area contributed by atoms with Crippen LogP contribution in [0.2, 0.25) is 0 Å². The SMILES string of the molecule is NC=CC(=Nc1ccccc1)c1nn(-c2ccc(C3CC3)cc2F)ccc1=O. The van der Waals surface area contributed by atoms with Crippen LogP contribution in [0.15, 0.2) is 82.9 Å². The zero-order valence-corrected chi connectivity index (χ0v) is 15.1. The van der Waals surface area contributed by atoms with E-state index in [0.717, 1.165) is 18.4 Å². The largest absolute Gasteiger partial charge is 0.405 e. The van der Waals surface area contributed by atoms with Crippen LogP contribution < -0.4 is 11.2 Å². The van der Waals surface area contributed by atoms with E-state index < -0.39 is 0 Å². The molecule has 3 aromatic rings. The maximum Gasteiger partial charge on any atom is 0.209 e. The van der Waals surface area contributed by atoms with Crippen LogP contribution in [-0.2, 0) is 0 Å². The van der Waals surface area contributed by atoms with E-state index in [1.165, 1.54) is 29.2 Å². The summed E-state index contributed by atoms with van der Waals surface area (Å²) in [6.07, 6.45) is 6.46. The van der Waals surface area contributed by atoms with Gasteiger partial charge < -0.3 is 5.73 Å². The summed E-state index contributed by atoms with van der Waals surface area (Å²) in [5.41, 5.74) is 7.56. The predicted molar refractivity (Wildman–Crippen MR) is 108 cm³/mol. The summed E-state index contributed by atoms with van der Waals surface area (Å²) in [7, 11) is 0. The Labute approximate surface area is 161 Å². The Balaban J connectivity index is 1.78. The van der Waals surface area contributed by atoms with E-state index in [1.54, 1.807) is 12.1 Å². The van der Waals surface area contributed by atoms with Gasteiger partial charge in [-0.2, -0.15) is 5.10 Å². The van der Waals surface area contributed by atoms with Gasteiger partial charge in [-0.05, 0) is 60.9 Å². The Hall–Kier alpha value is -3.54. The molecule has 1 saturated carbocycles. The molecule has 5 nitrogen and oxygen atoms in total. The van der Waals surface area contributed by atoms with Crippen LogP contribution >= 0.6 is 0 Å². The number of hydrogen-bond donors (Lipinski definition) is 1. The first kappa shape index (κ1) is 17.9. The number of rotatable bonds is 5. The highest BCUT2D eigenvalue weighted by Gasteiger charge is 2.24. The molecule has 0 saturated heterocycles. The van der Waals surface area contributed by atoms with Crippen LogP contribution in [-0.4, -0.2) is 15.5 Å². The van der Waals surface area contributed by atoms with E-state index in [0.29, 0.717) is 17.3 Å². The fraction of sp³-hybridized carbons (Fsp3) is 0.136. The predicted octanol–water partition coefficient (Wildman–Crippen LogP) is 3.84. The van der Waals surface area contributed by atoms with Crippen LogP contribution in [0.25, 0.3) is 5.69 Å². The lowest BCUT2D eigenvalue weighted by Gasteiger charge is -2.10. The van der Waals surface area contributed by atoms with Crippen molar-refractivity contribution in [2.75, 3.05) is 0 Å². The van der Waals surface area contributed by atoms with Gasteiger partial charge in [0.1, 0.15) is 11.5 Å². The summed E-state index contributed by atoms with van der Waals surface area (Å²) < 4.78 is 16.0. The highest BCUT2D eigenvalue weighted by molar-refractivity contribution is 6.08. The molecule has 1 aromatic heterocycles. The van der Waals surface area contributed by atoms with E-state index in [4.69, 9.17) is 5.73 Å². The zero-order valence-electron chi connectivity index (χ0n) is 15.1. The molecule has 140 valence electrons. The lowest BCUT2D eigenvalue weighted by molar-refractivity contribution is 0.606. The molecule has 0 spiro atoms. The second kappa shape index (κ2) is 7.60. The molecular weight excluding hydrogens is 355 g/mol. The average Bonchev–Trinajstić information content (AvgIpc) is 3.54. The molecule has 0 unspecified atom stereocenters. The molecule has 1 fully saturated rings. The Morgan fingerprint density at radius 2 is 1.96 bits per heavy atom. The summed E-state index contributed by atoms with van der Waals surface area (Å²) in [6, 6.07) is 15.7. The number of allylic oxidation sites excluding steroid dienone is 1. The maximum atomic E-state index is 14.6. The highest BCUT2D eigenvalue weighted by Crippen LogP contribution is 2.40. The van der Waals surface area contributed by atoms with Gasteiger partial charge in [0.2, 0.25) is 5.43 Å². The van der Waals surface area contributed by atoms with Gasteiger partial charge in [-0.1, -0.05) is 24.3 Å².